The average Bonchev–Trinajstić information content (AvgIpc) is 2.34. The summed E-state index contributed by atoms with van der Waals surface area (Å²) < 4.78 is 56.5. The third kappa shape index (κ3) is 5.29. The van der Waals surface area contributed by atoms with Gasteiger partial charge in [0.25, 0.3) is 0 Å². The normalized spacial score (nSPS) is 21.1. The van der Waals surface area contributed by atoms with Crippen LogP contribution in [-0.4, -0.2) is 23.0 Å². The smallest absolute Gasteiger partial charge is 0.419 e. The molecule has 0 radical (unpaired) electrons. The minimum atomic E-state index is -4.71. The molecule has 1 saturated carbocycles. The van der Waals surface area contributed by atoms with Gasteiger partial charge < -0.3 is 10.1 Å². The zero-order valence-corrected chi connectivity index (χ0v) is 14.4. The van der Waals surface area contributed by atoms with E-state index in [-0.39, 0.29) is 11.4 Å². The van der Waals surface area contributed by atoms with Crippen molar-refractivity contribution in [3.63, 3.8) is 0 Å². The first kappa shape index (κ1) is 18.9. The van der Waals surface area contributed by atoms with Crippen LogP contribution in [0.25, 0.3) is 0 Å². The van der Waals surface area contributed by atoms with Crippen molar-refractivity contribution in [1.29, 1.82) is 0 Å². The number of hydrogen-bond donors (Lipinski definition) is 1. The third-order valence-corrected chi connectivity index (χ3v) is 4.59. The summed E-state index contributed by atoms with van der Waals surface area (Å²) in [4.78, 5) is 12.0. The molecule has 0 atom stereocenters. The number of halogens is 4. The van der Waals surface area contributed by atoms with Gasteiger partial charge in [-0.2, -0.15) is 13.2 Å². The van der Waals surface area contributed by atoms with Crippen molar-refractivity contribution in [1.82, 2.24) is 5.32 Å². The maximum Gasteiger partial charge on any atom is 0.419 e. The lowest BCUT2D eigenvalue weighted by molar-refractivity contribution is -0.140. The van der Waals surface area contributed by atoms with Gasteiger partial charge in [-0.15, -0.1) is 11.8 Å². The number of carbonyl (C=O) groups excluding carboxylic acids is 1. The van der Waals surface area contributed by atoms with Crippen molar-refractivity contribution in [2.45, 2.75) is 61.6 Å². The second-order valence-electron chi connectivity index (χ2n) is 6.75. The van der Waals surface area contributed by atoms with Gasteiger partial charge in [0.2, 0.25) is 0 Å². The van der Waals surface area contributed by atoms with E-state index in [0.29, 0.717) is 17.7 Å². The molecule has 8 heteroatoms. The molecule has 1 amide bonds. The van der Waals surface area contributed by atoms with Gasteiger partial charge in [-0.1, -0.05) is 0 Å². The molecule has 2 rings (SSSR count). The molecule has 1 aliphatic carbocycles. The first-order valence-corrected chi connectivity index (χ1v) is 8.34. The van der Waals surface area contributed by atoms with E-state index in [0.717, 1.165) is 12.1 Å². The van der Waals surface area contributed by atoms with Gasteiger partial charge in [0.05, 0.1) is 5.56 Å². The quantitative estimate of drug-likeness (QED) is 0.767. The lowest BCUT2D eigenvalue weighted by Gasteiger charge is -2.35. The molecule has 0 saturated heterocycles. The van der Waals surface area contributed by atoms with E-state index < -0.39 is 29.2 Å². The Kier molecular flexibility index (Phi) is 5.37. The van der Waals surface area contributed by atoms with E-state index in [1.165, 1.54) is 17.8 Å². The highest BCUT2D eigenvalue weighted by Crippen LogP contribution is 2.40. The lowest BCUT2D eigenvalue weighted by Crippen LogP contribution is -2.45. The van der Waals surface area contributed by atoms with Crippen LogP contribution in [0, 0.1) is 5.82 Å². The van der Waals surface area contributed by atoms with Crippen molar-refractivity contribution in [3.05, 3.63) is 29.6 Å². The minimum absolute atomic E-state index is 0.0454. The Hall–Kier alpha value is -1.44. The van der Waals surface area contributed by atoms with Crippen LogP contribution in [0.3, 0.4) is 0 Å². The molecule has 0 heterocycles. The molecule has 1 N–H and O–H groups in total. The van der Waals surface area contributed by atoms with Crippen LogP contribution < -0.4 is 5.32 Å². The number of hydrogen-bond acceptors (Lipinski definition) is 3. The molecule has 0 bridgehead atoms. The van der Waals surface area contributed by atoms with Gasteiger partial charge in [-0.25, -0.2) is 9.18 Å². The average molecular weight is 365 g/mol. The number of nitrogens with one attached hydrogen (secondary N) is 1. The second-order valence-corrected chi connectivity index (χ2v) is 8.13. The van der Waals surface area contributed by atoms with E-state index in [1.54, 1.807) is 0 Å². The van der Waals surface area contributed by atoms with Crippen LogP contribution in [0.1, 0.15) is 39.2 Å². The molecular weight excluding hydrogens is 346 g/mol. The topological polar surface area (TPSA) is 38.3 Å². The highest BCUT2D eigenvalue weighted by molar-refractivity contribution is 8.00. The second kappa shape index (κ2) is 6.82. The Morgan fingerprint density at radius 1 is 1.25 bits per heavy atom. The predicted octanol–water partition coefficient (Wildman–Crippen LogP) is 4.99. The highest BCUT2D eigenvalue weighted by atomic mass is 32.2. The molecule has 134 valence electrons. The number of ether oxygens (including phenoxy) is 1. The van der Waals surface area contributed by atoms with Gasteiger partial charge in [-0.05, 0) is 51.8 Å². The molecular formula is C16H19F4NO2S. The van der Waals surface area contributed by atoms with Crippen LogP contribution in [0.4, 0.5) is 22.4 Å². The van der Waals surface area contributed by atoms with Gasteiger partial charge in [0, 0.05) is 15.7 Å². The number of amides is 1. The van der Waals surface area contributed by atoms with Crippen molar-refractivity contribution >= 4 is 17.9 Å². The van der Waals surface area contributed by atoms with Gasteiger partial charge in [-0.3, -0.25) is 0 Å². The number of alkyl carbamates (subject to hydrolysis) is 1. The van der Waals surface area contributed by atoms with E-state index in [4.69, 9.17) is 4.74 Å². The maximum absolute atomic E-state index is 13.2. The van der Waals surface area contributed by atoms with Gasteiger partial charge in [0.1, 0.15) is 11.9 Å². The predicted molar refractivity (Wildman–Crippen MR) is 83.4 cm³/mol. The van der Waals surface area contributed by atoms with Gasteiger partial charge >= 0.3 is 12.3 Å². The lowest BCUT2D eigenvalue weighted by atomic mass is 9.95. The summed E-state index contributed by atoms with van der Waals surface area (Å²) in [7, 11) is 0. The Balaban J connectivity index is 1.85. The number of benzene rings is 1. The molecule has 1 fully saturated rings. The standard InChI is InChI=1S/C16H19F4NO2S/c1-15(2,3)21-14(22)23-9-6-11(7-9)24-10-4-5-13(17)12(8-10)16(18,19)20/h4-5,8-9,11H,6-7H2,1-3H3,(H,21,22). The van der Waals surface area contributed by atoms with E-state index >= 15 is 0 Å². The SMILES string of the molecule is CC(C)(C)NC(=O)OC1CC(Sc2ccc(F)c(C(F)(F)F)c2)C1. The molecule has 0 aromatic heterocycles. The molecule has 1 aromatic rings. The summed E-state index contributed by atoms with van der Waals surface area (Å²) in [6.07, 6.45) is -4.34. The fourth-order valence-electron chi connectivity index (χ4n) is 2.18. The zero-order valence-electron chi connectivity index (χ0n) is 13.5. The molecule has 0 aliphatic heterocycles. The fraction of sp³-hybridized carbons (Fsp3) is 0.562. The first-order valence-electron chi connectivity index (χ1n) is 7.46. The number of thioether (sulfide) groups is 1. The summed E-state index contributed by atoms with van der Waals surface area (Å²) in [5, 5.41) is 2.72. The molecule has 1 aromatic carbocycles. The highest BCUT2D eigenvalue weighted by Gasteiger charge is 2.36. The third-order valence-electron chi connectivity index (χ3n) is 3.35. The van der Waals surface area contributed by atoms with Crippen LogP contribution >= 0.6 is 11.8 Å². The maximum atomic E-state index is 13.2. The molecule has 1 aliphatic rings. The Labute approximate surface area is 142 Å². The van der Waals surface area contributed by atoms with Crippen molar-refractivity contribution in [2.75, 3.05) is 0 Å². The van der Waals surface area contributed by atoms with Gasteiger partial charge in [0.15, 0.2) is 0 Å². The Morgan fingerprint density at radius 2 is 1.88 bits per heavy atom. The summed E-state index contributed by atoms with van der Waals surface area (Å²) in [5.74, 6) is -1.28. The molecule has 3 nitrogen and oxygen atoms in total. The van der Waals surface area contributed by atoms with Crippen LogP contribution in [0.5, 0.6) is 0 Å². The summed E-state index contributed by atoms with van der Waals surface area (Å²) in [6, 6.07) is 2.98. The minimum Gasteiger partial charge on any atom is -0.446 e. The number of carbonyl (C=O) groups is 1. The summed E-state index contributed by atoms with van der Waals surface area (Å²) >= 11 is 1.23. The molecule has 0 spiro atoms. The number of alkyl halides is 3. The molecule has 0 unspecified atom stereocenters. The molecule has 24 heavy (non-hydrogen) atoms. The monoisotopic (exact) mass is 365 g/mol. The van der Waals surface area contributed by atoms with Crippen molar-refractivity contribution in [3.8, 4) is 0 Å². The van der Waals surface area contributed by atoms with E-state index in [1.807, 2.05) is 20.8 Å². The summed E-state index contributed by atoms with van der Waals surface area (Å²) in [5.41, 5.74) is -1.65. The van der Waals surface area contributed by atoms with Crippen molar-refractivity contribution < 1.29 is 27.1 Å². The van der Waals surface area contributed by atoms with E-state index in [2.05, 4.69) is 5.32 Å². The van der Waals surface area contributed by atoms with Crippen LogP contribution in [0.2, 0.25) is 0 Å². The van der Waals surface area contributed by atoms with E-state index in [9.17, 15) is 22.4 Å². The summed E-state index contributed by atoms with van der Waals surface area (Å²) in [6.45, 7) is 5.50. The van der Waals surface area contributed by atoms with Crippen molar-refractivity contribution in [2.24, 2.45) is 0 Å². The Morgan fingerprint density at radius 3 is 2.42 bits per heavy atom. The fourth-order valence-corrected chi connectivity index (χ4v) is 3.52. The first-order chi connectivity index (χ1) is 10.9. The van der Waals surface area contributed by atoms with Crippen LogP contribution in [-0.2, 0) is 10.9 Å². The largest absolute Gasteiger partial charge is 0.446 e. The number of rotatable bonds is 3. The van der Waals surface area contributed by atoms with Crippen LogP contribution in [0.15, 0.2) is 23.1 Å². The Bertz CT molecular complexity index is 607. The zero-order chi connectivity index (χ0) is 18.1.